The maximum Gasteiger partial charge on any atom is 0.642 e. The summed E-state index contributed by atoms with van der Waals surface area (Å²) in [7, 11) is -1.85. The highest BCUT2D eigenvalue weighted by Gasteiger charge is 2.13. The largest absolute Gasteiger partial charge is 0.642 e. The van der Waals surface area contributed by atoms with E-state index in [0.717, 1.165) is 10.5 Å². The molecular formula is C12H16N2O4PS+. The number of allylic oxidation sites excluding steroid dienone is 1. The number of nitro groups is 1. The molecule has 0 amide bonds. The Bertz CT molecular complexity index is 505. The molecule has 0 saturated heterocycles. The van der Waals surface area contributed by atoms with Crippen molar-refractivity contribution in [2.45, 2.75) is 19.6 Å². The lowest BCUT2D eigenvalue weighted by Crippen LogP contribution is -1.95. The van der Waals surface area contributed by atoms with Crippen LogP contribution in [0.15, 0.2) is 35.4 Å². The second-order valence-electron chi connectivity index (χ2n) is 3.77. The first-order valence-corrected chi connectivity index (χ1v) is 8.08. The van der Waals surface area contributed by atoms with Crippen molar-refractivity contribution in [2.75, 3.05) is 6.61 Å². The molecule has 8 heteroatoms. The summed E-state index contributed by atoms with van der Waals surface area (Å²) in [6, 6.07) is 6.43. The average Bonchev–Trinajstić information content (AvgIpc) is 2.43. The first kappa shape index (κ1) is 16.6. The minimum atomic E-state index is -1.85. The van der Waals surface area contributed by atoms with Gasteiger partial charge in [-0.05, 0) is 24.0 Å². The molecule has 0 aliphatic rings. The van der Waals surface area contributed by atoms with Crippen molar-refractivity contribution in [1.82, 2.24) is 5.09 Å². The molecule has 1 aromatic carbocycles. The Morgan fingerprint density at radius 2 is 2.15 bits per heavy atom. The predicted octanol–water partition coefficient (Wildman–Crippen LogP) is 3.97. The van der Waals surface area contributed by atoms with Crippen LogP contribution in [0.5, 0.6) is 0 Å². The van der Waals surface area contributed by atoms with Gasteiger partial charge < -0.3 is 0 Å². The zero-order valence-corrected chi connectivity index (χ0v) is 12.9. The topological polar surface area (TPSA) is 81.5 Å². The fourth-order valence-electron chi connectivity index (χ4n) is 1.25. The molecular weight excluding hydrogens is 299 g/mol. The van der Waals surface area contributed by atoms with Crippen LogP contribution in [0.1, 0.15) is 19.4 Å². The van der Waals surface area contributed by atoms with Gasteiger partial charge in [0.1, 0.15) is 6.61 Å². The highest BCUT2D eigenvalue weighted by atomic mass is 32.2. The smallest absolute Gasteiger partial charge is 0.258 e. The summed E-state index contributed by atoms with van der Waals surface area (Å²) in [6.07, 6.45) is 1.64. The summed E-state index contributed by atoms with van der Waals surface area (Å²) >= 11 is 1.55. The molecule has 0 spiro atoms. The normalized spacial score (nSPS) is 12.1. The second kappa shape index (κ2) is 8.68. The van der Waals surface area contributed by atoms with E-state index in [1.807, 2.05) is 6.92 Å². The van der Waals surface area contributed by atoms with Crippen LogP contribution in [-0.4, -0.2) is 11.5 Å². The Hall–Kier alpha value is -1.43. The van der Waals surface area contributed by atoms with Gasteiger partial charge in [-0.2, -0.15) is 5.09 Å². The lowest BCUT2D eigenvalue weighted by molar-refractivity contribution is -0.384. The van der Waals surface area contributed by atoms with Gasteiger partial charge in [0, 0.05) is 22.8 Å². The summed E-state index contributed by atoms with van der Waals surface area (Å²) in [5.41, 5.74) is 1.07. The number of nitrogens with one attached hydrogen (secondary N) is 1. The highest BCUT2D eigenvalue weighted by Crippen LogP contribution is 2.23. The van der Waals surface area contributed by atoms with Crippen LogP contribution >= 0.6 is 19.9 Å². The van der Waals surface area contributed by atoms with Crippen molar-refractivity contribution in [1.29, 1.82) is 0 Å². The summed E-state index contributed by atoms with van der Waals surface area (Å²) in [4.78, 5) is 11.1. The van der Waals surface area contributed by atoms with E-state index < -0.39 is 13.1 Å². The van der Waals surface area contributed by atoms with Crippen molar-refractivity contribution in [3.63, 3.8) is 0 Å². The molecule has 0 aliphatic heterocycles. The number of nitrogens with zero attached hydrogens (tertiary/aromatic N) is 1. The monoisotopic (exact) mass is 315 g/mol. The van der Waals surface area contributed by atoms with Gasteiger partial charge in [0.2, 0.25) is 0 Å². The number of rotatable bonds is 8. The number of non-ortho nitro benzene ring substituents is 1. The van der Waals surface area contributed by atoms with Crippen LogP contribution in [0, 0.1) is 10.1 Å². The van der Waals surface area contributed by atoms with Crippen molar-refractivity contribution < 1.29 is 14.0 Å². The number of hydrogen-bond acceptors (Lipinski definition) is 5. The fraction of sp³-hybridized carbons (Fsp3) is 0.333. The summed E-state index contributed by atoms with van der Waals surface area (Å²) in [5, 5.41) is 13.2. The third-order valence-corrected chi connectivity index (χ3v) is 4.12. The first-order valence-electron chi connectivity index (χ1n) is 5.92. The Kier molecular flexibility index (Phi) is 7.22. The van der Waals surface area contributed by atoms with Crippen molar-refractivity contribution >= 4 is 25.6 Å². The van der Waals surface area contributed by atoms with E-state index in [0.29, 0.717) is 12.4 Å². The van der Waals surface area contributed by atoms with Crippen molar-refractivity contribution in [3.8, 4) is 0 Å². The van der Waals surface area contributed by atoms with Crippen LogP contribution in [-0.2, 0) is 14.8 Å². The summed E-state index contributed by atoms with van der Waals surface area (Å²) < 4.78 is 16.1. The van der Waals surface area contributed by atoms with E-state index >= 15 is 0 Å². The van der Waals surface area contributed by atoms with E-state index in [9.17, 15) is 14.7 Å². The minimum Gasteiger partial charge on any atom is -0.258 e. The summed E-state index contributed by atoms with van der Waals surface area (Å²) in [6.45, 7) is 4.05. The molecule has 1 aromatic rings. The lowest BCUT2D eigenvalue weighted by Gasteiger charge is -2.01. The van der Waals surface area contributed by atoms with Gasteiger partial charge in [-0.1, -0.05) is 12.1 Å². The van der Waals surface area contributed by atoms with E-state index in [1.165, 1.54) is 12.1 Å². The zero-order chi connectivity index (χ0) is 15.0. The second-order valence-corrected chi connectivity index (χ2v) is 6.02. The van der Waals surface area contributed by atoms with Crippen LogP contribution in [0.25, 0.3) is 0 Å². The van der Waals surface area contributed by atoms with Crippen LogP contribution < -0.4 is 5.09 Å². The number of hydrogen-bond donors (Lipinski definition) is 1. The fourth-order valence-corrected chi connectivity index (χ4v) is 2.68. The number of thioether (sulfide) groups is 1. The molecule has 1 unspecified atom stereocenters. The molecule has 1 N–H and O–H groups in total. The number of nitro benzene ring substituents is 1. The van der Waals surface area contributed by atoms with Gasteiger partial charge in [-0.25, -0.2) is 0 Å². The molecule has 0 bridgehead atoms. The highest BCUT2D eigenvalue weighted by molar-refractivity contribution is 8.02. The molecule has 1 atom stereocenters. The lowest BCUT2D eigenvalue weighted by atomic mass is 10.2. The molecule has 0 fully saturated rings. The van der Waals surface area contributed by atoms with Gasteiger partial charge >= 0.3 is 8.18 Å². The Balaban J connectivity index is 2.44. The molecule has 1 rings (SSSR count). The summed E-state index contributed by atoms with van der Waals surface area (Å²) in [5.74, 6) is 0.688. The standard InChI is InChI=1S/C12H16N2O4PS/c1-3-18-19(17)13-8-10(2)20-9-11-4-6-12(7-5-11)14(15)16/h4-8H,3,9H2,1-2H3,(H,13,17)/q+1/b10-8+. The predicted molar refractivity (Wildman–Crippen MR) is 80.5 cm³/mol. The van der Waals surface area contributed by atoms with Gasteiger partial charge in [0.25, 0.3) is 5.69 Å². The van der Waals surface area contributed by atoms with Crippen molar-refractivity contribution in [2.24, 2.45) is 0 Å². The van der Waals surface area contributed by atoms with E-state index in [2.05, 4.69) is 5.09 Å². The third kappa shape index (κ3) is 6.14. The van der Waals surface area contributed by atoms with Crippen LogP contribution in [0.4, 0.5) is 5.69 Å². The van der Waals surface area contributed by atoms with Crippen LogP contribution in [0.3, 0.4) is 0 Å². The maximum atomic E-state index is 11.2. The number of benzene rings is 1. The minimum absolute atomic E-state index is 0.0846. The quantitative estimate of drug-likeness (QED) is 0.444. The SMILES string of the molecule is CCO[P+](=O)N/C=C(\C)SCc1ccc([N+](=O)[O-])cc1. The van der Waals surface area contributed by atoms with Gasteiger partial charge in [-0.15, -0.1) is 16.3 Å². The molecule has 0 saturated carbocycles. The molecule has 6 nitrogen and oxygen atoms in total. The van der Waals surface area contributed by atoms with Gasteiger partial charge in [-0.3, -0.25) is 10.1 Å². The molecule has 0 aliphatic carbocycles. The Morgan fingerprint density at radius 1 is 1.50 bits per heavy atom. The van der Waals surface area contributed by atoms with Gasteiger partial charge in [0.05, 0.1) is 11.1 Å². The zero-order valence-electron chi connectivity index (χ0n) is 11.2. The maximum absolute atomic E-state index is 11.2. The van der Waals surface area contributed by atoms with Crippen molar-refractivity contribution in [3.05, 3.63) is 51.0 Å². The molecule has 20 heavy (non-hydrogen) atoms. The Labute approximate surface area is 122 Å². The molecule has 0 aromatic heterocycles. The van der Waals surface area contributed by atoms with Gasteiger partial charge in [0.15, 0.2) is 0 Å². The Morgan fingerprint density at radius 3 is 2.70 bits per heavy atom. The average molecular weight is 315 g/mol. The van der Waals surface area contributed by atoms with Crippen LogP contribution in [0.2, 0.25) is 0 Å². The molecule has 108 valence electrons. The van der Waals surface area contributed by atoms with E-state index in [-0.39, 0.29) is 5.69 Å². The first-order chi connectivity index (χ1) is 9.52. The molecule has 0 radical (unpaired) electrons. The van der Waals surface area contributed by atoms with E-state index in [1.54, 1.807) is 37.0 Å². The molecule has 0 heterocycles. The van der Waals surface area contributed by atoms with E-state index in [4.69, 9.17) is 4.52 Å². The third-order valence-electron chi connectivity index (χ3n) is 2.23.